The van der Waals surface area contributed by atoms with Gasteiger partial charge in [0.1, 0.15) is 5.82 Å². The van der Waals surface area contributed by atoms with Crippen LogP contribution in [0.4, 0.5) is 4.39 Å². The van der Waals surface area contributed by atoms with Crippen LogP contribution in [0.2, 0.25) is 0 Å². The topological polar surface area (TPSA) is 32.3 Å². The fourth-order valence-corrected chi connectivity index (χ4v) is 3.91. The largest absolute Gasteiger partial charge is 0.337 e. The molecule has 0 aliphatic carbocycles. The molecule has 0 radical (unpaired) electrons. The second kappa shape index (κ2) is 9.75. The summed E-state index contributed by atoms with van der Waals surface area (Å²) in [7, 11) is 1.83. The molecule has 32 heavy (non-hydrogen) atoms. The number of carbonyl (C=O) groups excluding carboxylic acids is 1. The van der Waals surface area contributed by atoms with Gasteiger partial charge in [-0.2, -0.15) is 0 Å². The van der Waals surface area contributed by atoms with Crippen LogP contribution in [0.1, 0.15) is 28.4 Å². The van der Waals surface area contributed by atoms with Gasteiger partial charge in [0.15, 0.2) is 0 Å². The molecule has 0 atom stereocenters. The van der Waals surface area contributed by atoms with Crippen molar-refractivity contribution in [2.24, 2.45) is 0 Å². The highest BCUT2D eigenvalue weighted by molar-refractivity contribution is 5.95. The number of halogens is 1. The molecule has 0 fully saturated rings. The van der Waals surface area contributed by atoms with E-state index in [0.717, 1.165) is 29.8 Å². The predicted octanol–water partition coefficient (Wildman–Crippen LogP) is 6.03. The second-order valence-corrected chi connectivity index (χ2v) is 8.00. The highest BCUT2D eigenvalue weighted by Gasteiger charge is 2.14. The number of amides is 1. The van der Waals surface area contributed by atoms with E-state index < -0.39 is 0 Å². The molecule has 1 amide bonds. The maximum Gasteiger partial charge on any atom is 0.253 e. The smallest absolute Gasteiger partial charge is 0.253 e. The highest BCUT2D eigenvalue weighted by Crippen LogP contribution is 2.23. The molecule has 4 rings (SSSR count). The first-order valence-corrected chi connectivity index (χ1v) is 10.9. The maximum absolute atomic E-state index is 13.2. The van der Waals surface area contributed by atoms with Gasteiger partial charge in [-0.25, -0.2) is 4.39 Å². The SMILES string of the molecule is CCNCc1ccc2c(CN(C)C(=O)c3ccc(-c4ccc(F)cc4)cc3)cccc2c1. The van der Waals surface area contributed by atoms with Gasteiger partial charge in [-0.1, -0.05) is 61.5 Å². The minimum Gasteiger partial charge on any atom is -0.337 e. The van der Waals surface area contributed by atoms with Crippen LogP contribution in [-0.4, -0.2) is 24.4 Å². The van der Waals surface area contributed by atoms with E-state index in [4.69, 9.17) is 0 Å². The number of hydrogen-bond donors (Lipinski definition) is 1. The number of benzene rings is 4. The Kier molecular flexibility index (Phi) is 6.62. The third kappa shape index (κ3) is 4.87. The molecule has 0 unspecified atom stereocenters. The Morgan fingerprint density at radius 3 is 2.28 bits per heavy atom. The summed E-state index contributed by atoms with van der Waals surface area (Å²) in [4.78, 5) is 14.8. The minimum atomic E-state index is -0.260. The molecule has 0 aromatic heterocycles. The van der Waals surface area contributed by atoms with Crippen molar-refractivity contribution in [1.29, 1.82) is 0 Å². The molecule has 4 aromatic carbocycles. The fourth-order valence-electron chi connectivity index (χ4n) is 3.91. The normalized spacial score (nSPS) is 11.0. The van der Waals surface area contributed by atoms with Crippen LogP contribution in [0.3, 0.4) is 0 Å². The first-order valence-electron chi connectivity index (χ1n) is 10.9. The van der Waals surface area contributed by atoms with Crippen LogP contribution in [-0.2, 0) is 13.1 Å². The van der Waals surface area contributed by atoms with Gasteiger partial charge in [-0.05, 0) is 69.9 Å². The van der Waals surface area contributed by atoms with Crippen molar-refractivity contribution >= 4 is 16.7 Å². The maximum atomic E-state index is 13.2. The molecule has 4 aromatic rings. The monoisotopic (exact) mass is 426 g/mol. The lowest BCUT2D eigenvalue weighted by atomic mass is 10.0. The quantitative estimate of drug-likeness (QED) is 0.391. The van der Waals surface area contributed by atoms with Crippen molar-refractivity contribution in [2.45, 2.75) is 20.0 Å². The Morgan fingerprint density at radius 2 is 1.59 bits per heavy atom. The van der Waals surface area contributed by atoms with E-state index in [1.54, 1.807) is 17.0 Å². The molecule has 162 valence electrons. The molecule has 0 heterocycles. The summed E-state index contributed by atoms with van der Waals surface area (Å²) in [5.41, 5.74) is 4.87. The summed E-state index contributed by atoms with van der Waals surface area (Å²) >= 11 is 0. The van der Waals surface area contributed by atoms with Gasteiger partial charge in [0.2, 0.25) is 0 Å². The van der Waals surface area contributed by atoms with Gasteiger partial charge in [-0.15, -0.1) is 0 Å². The highest BCUT2D eigenvalue weighted by atomic mass is 19.1. The molecule has 4 heteroatoms. The summed E-state index contributed by atoms with van der Waals surface area (Å²) in [5.74, 6) is -0.291. The van der Waals surface area contributed by atoms with Gasteiger partial charge in [0.25, 0.3) is 5.91 Å². The molecular formula is C28H27FN2O. The van der Waals surface area contributed by atoms with Gasteiger partial charge >= 0.3 is 0 Å². The summed E-state index contributed by atoms with van der Waals surface area (Å²) in [6.45, 7) is 4.42. The Labute approximate surface area is 188 Å². The molecule has 0 saturated heterocycles. The average molecular weight is 427 g/mol. The standard InChI is InChI=1S/C28H27FN2O/c1-3-30-18-20-7-16-27-24(17-20)5-4-6-25(27)19-31(2)28(32)23-10-8-21(9-11-23)22-12-14-26(29)15-13-22/h4-17,30H,3,18-19H2,1-2H3. The van der Waals surface area contributed by atoms with E-state index in [1.165, 1.54) is 28.5 Å². The average Bonchev–Trinajstić information content (AvgIpc) is 2.83. The summed E-state index contributed by atoms with van der Waals surface area (Å²) in [6, 6.07) is 26.5. The molecule has 0 aliphatic heterocycles. The van der Waals surface area contributed by atoms with Crippen molar-refractivity contribution in [2.75, 3.05) is 13.6 Å². The van der Waals surface area contributed by atoms with E-state index in [9.17, 15) is 9.18 Å². The van der Waals surface area contributed by atoms with Crippen LogP contribution in [0.5, 0.6) is 0 Å². The van der Waals surface area contributed by atoms with Crippen LogP contribution >= 0.6 is 0 Å². The lowest BCUT2D eigenvalue weighted by Crippen LogP contribution is -2.26. The van der Waals surface area contributed by atoms with Gasteiger partial charge in [-0.3, -0.25) is 4.79 Å². The molecule has 1 N–H and O–H groups in total. The van der Waals surface area contributed by atoms with E-state index >= 15 is 0 Å². The van der Waals surface area contributed by atoms with Crippen LogP contribution < -0.4 is 5.32 Å². The van der Waals surface area contributed by atoms with E-state index in [0.29, 0.717) is 12.1 Å². The molecule has 0 saturated carbocycles. The minimum absolute atomic E-state index is 0.0311. The lowest BCUT2D eigenvalue weighted by molar-refractivity contribution is 0.0785. The third-order valence-electron chi connectivity index (χ3n) is 5.68. The van der Waals surface area contributed by atoms with E-state index in [-0.39, 0.29) is 11.7 Å². The van der Waals surface area contributed by atoms with Crippen molar-refractivity contribution in [1.82, 2.24) is 10.2 Å². The number of rotatable bonds is 7. The number of hydrogen-bond acceptors (Lipinski definition) is 2. The zero-order chi connectivity index (χ0) is 22.5. The van der Waals surface area contributed by atoms with Crippen molar-refractivity contribution in [3.63, 3.8) is 0 Å². The Balaban J connectivity index is 1.49. The lowest BCUT2D eigenvalue weighted by Gasteiger charge is -2.19. The molecule has 0 bridgehead atoms. The predicted molar refractivity (Wildman–Crippen MR) is 129 cm³/mol. The number of fused-ring (bicyclic) bond motifs is 1. The van der Waals surface area contributed by atoms with Crippen molar-refractivity contribution in [3.05, 3.63) is 107 Å². The van der Waals surface area contributed by atoms with Crippen molar-refractivity contribution in [3.8, 4) is 11.1 Å². The Bertz CT molecular complexity index is 1220. The zero-order valence-corrected chi connectivity index (χ0v) is 18.4. The number of nitrogens with one attached hydrogen (secondary N) is 1. The third-order valence-corrected chi connectivity index (χ3v) is 5.68. The Morgan fingerprint density at radius 1 is 0.906 bits per heavy atom. The van der Waals surface area contributed by atoms with Crippen LogP contribution in [0.15, 0.2) is 84.9 Å². The summed E-state index contributed by atoms with van der Waals surface area (Å²) < 4.78 is 13.2. The van der Waals surface area contributed by atoms with Crippen LogP contribution in [0, 0.1) is 5.82 Å². The fraction of sp³-hybridized carbons (Fsp3) is 0.179. The molecule has 0 spiro atoms. The van der Waals surface area contributed by atoms with Crippen LogP contribution in [0.25, 0.3) is 21.9 Å². The first-order chi connectivity index (χ1) is 15.5. The van der Waals surface area contributed by atoms with Gasteiger partial charge in [0, 0.05) is 25.7 Å². The number of carbonyl (C=O) groups is 1. The van der Waals surface area contributed by atoms with Gasteiger partial charge in [0.05, 0.1) is 0 Å². The molecular weight excluding hydrogens is 399 g/mol. The van der Waals surface area contributed by atoms with E-state index in [2.05, 4.69) is 42.6 Å². The summed E-state index contributed by atoms with van der Waals surface area (Å²) in [5, 5.41) is 5.70. The second-order valence-electron chi connectivity index (χ2n) is 8.00. The van der Waals surface area contributed by atoms with Gasteiger partial charge < -0.3 is 10.2 Å². The van der Waals surface area contributed by atoms with Crippen molar-refractivity contribution < 1.29 is 9.18 Å². The summed E-state index contributed by atoms with van der Waals surface area (Å²) in [6.07, 6.45) is 0. The van der Waals surface area contributed by atoms with E-state index in [1.807, 2.05) is 37.4 Å². The first kappa shape index (κ1) is 21.7. The zero-order valence-electron chi connectivity index (χ0n) is 18.4. The Hall–Kier alpha value is -3.50. The number of nitrogens with zero attached hydrogens (tertiary/aromatic N) is 1. The molecule has 0 aliphatic rings. The molecule has 3 nitrogen and oxygen atoms in total.